The molecular formula is C9H12N2O2S. The van der Waals surface area contributed by atoms with E-state index in [0.29, 0.717) is 5.75 Å². The van der Waals surface area contributed by atoms with Crippen LogP contribution in [0.25, 0.3) is 0 Å². The maximum absolute atomic E-state index is 11.0. The Morgan fingerprint density at radius 3 is 3.14 bits per heavy atom. The van der Waals surface area contributed by atoms with E-state index >= 15 is 0 Å². The van der Waals surface area contributed by atoms with E-state index < -0.39 is 6.04 Å². The van der Waals surface area contributed by atoms with E-state index in [1.165, 1.54) is 18.9 Å². The summed E-state index contributed by atoms with van der Waals surface area (Å²) in [7, 11) is 1.33. The first kappa shape index (κ1) is 11.0. The molecule has 0 bridgehead atoms. The molecule has 0 radical (unpaired) electrons. The van der Waals surface area contributed by atoms with Gasteiger partial charge in [0.25, 0.3) is 0 Å². The lowest BCUT2D eigenvalue weighted by atomic mass is 10.4. The minimum Gasteiger partial charge on any atom is -0.468 e. The molecule has 14 heavy (non-hydrogen) atoms. The second-order valence-corrected chi connectivity index (χ2v) is 3.72. The summed E-state index contributed by atoms with van der Waals surface area (Å²) in [6.45, 7) is 0. The third-order valence-corrected chi connectivity index (χ3v) is 2.67. The molecule has 0 aliphatic carbocycles. The molecule has 0 amide bonds. The molecule has 1 atom stereocenters. The third-order valence-electron chi connectivity index (χ3n) is 1.57. The summed E-state index contributed by atoms with van der Waals surface area (Å²) in [5.74, 6) is 0.111. The Morgan fingerprint density at radius 2 is 2.57 bits per heavy atom. The van der Waals surface area contributed by atoms with Gasteiger partial charge in [-0.1, -0.05) is 0 Å². The molecule has 0 fully saturated rings. The van der Waals surface area contributed by atoms with E-state index in [1.807, 2.05) is 12.1 Å². The number of ether oxygens (including phenoxy) is 1. The zero-order valence-electron chi connectivity index (χ0n) is 7.84. The smallest absolute Gasteiger partial charge is 0.323 e. The van der Waals surface area contributed by atoms with Gasteiger partial charge >= 0.3 is 5.97 Å². The maximum Gasteiger partial charge on any atom is 0.323 e. The monoisotopic (exact) mass is 212 g/mol. The Morgan fingerprint density at radius 1 is 1.79 bits per heavy atom. The van der Waals surface area contributed by atoms with Crippen LogP contribution in [-0.4, -0.2) is 29.9 Å². The second kappa shape index (κ2) is 5.62. The molecule has 0 aliphatic rings. The van der Waals surface area contributed by atoms with Gasteiger partial charge < -0.3 is 10.5 Å². The number of pyridine rings is 1. The lowest BCUT2D eigenvalue weighted by Gasteiger charge is -2.07. The summed E-state index contributed by atoms with van der Waals surface area (Å²) in [6.07, 6.45) is 3.43. The van der Waals surface area contributed by atoms with E-state index in [-0.39, 0.29) is 5.97 Å². The van der Waals surface area contributed by atoms with Gasteiger partial charge in [0, 0.05) is 23.0 Å². The molecule has 0 saturated carbocycles. The second-order valence-electron chi connectivity index (χ2n) is 2.63. The average molecular weight is 212 g/mol. The average Bonchev–Trinajstić information content (AvgIpc) is 2.26. The van der Waals surface area contributed by atoms with Crippen LogP contribution >= 0.6 is 11.8 Å². The Labute approximate surface area is 86.8 Å². The minimum atomic E-state index is -0.579. The van der Waals surface area contributed by atoms with Gasteiger partial charge in [0.1, 0.15) is 6.04 Å². The highest BCUT2D eigenvalue weighted by molar-refractivity contribution is 7.99. The predicted molar refractivity (Wildman–Crippen MR) is 55.0 cm³/mol. The summed E-state index contributed by atoms with van der Waals surface area (Å²) in [6, 6.07) is 3.18. The van der Waals surface area contributed by atoms with Crippen LogP contribution in [0.5, 0.6) is 0 Å². The molecule has 0 unspecified atom stereocenters. The number of thioether (sulfide) groups is 1. The summed E-state index contributed by atoms with van der Waals surface area (Å²) >= 11 is 1.48. The molecule has 1 aromatic rings. The molecule has 1 aromatic heterocycles. The molecule has 1 heterocycles. The number of carbonyl (C=O) groups excluding carboxylic acids is 1. The number of nitrogens with two attached hydrogens (primary N) is 1. The van der Waals surface area contributed by atoms with E-state index in [9.17, 15) is 4.79 Å². The topological polar surface area (TPSA) is 65.2 Å². The van der Waals surface area contributed by atoms with Gasteiger partial charge in [-0.2, -0.15) is 0 Å². The number of aromatic nitrogens is 1. The van der Waals surface area contributed by atoms with Gasteiger partial charge in [0.2, 0.25) is 0 Å². The minimum absolute atomic E-state index is 0.388. The first-order valence-electron chi connectivity index (χ1n) is 4.10. The Bertz CT molecular complexity index is 292. The summed E-state index contributed by atoms with van der Waals surface area (Å²) < 4.78 is 4.51. The van der Waals surface area contributed by atoms with Crippen LogP contribution < -0.4 is 5.73 Å². The van der Waals surface area contributed by atoms with Crippen LogP contribution in [0.4, 0.5) is 0 Å². The van der Waals surface area contributed by atoms with Crippen molar-refractivity contribution in [2.45, 2.75) is 10.9 Å². The van der Waals surface area contributed by atoms with Crippen LogP contribution in [0, 0.1) is 0 Å². The highest BCUT2D eigenvalue weighted by atomic mass is 32.2. The van der Waals surface area contributed by atoms with Crippen LogP contribution in [0.2, 0.25) is 0 Å². The molecule has 2 N–H and O–H groups in total. The molecule has 76 valence electrons. The van der Waals surface area contributed by atoms with Crippen molar-refractivity contribution < 1.29 is 9.53 Å². The number of nitrogens with zero attached hydrogens (tertiary/aromatic N) is 1. The molecule has 0 saturated heterocycles. The standard InChI is InChI=1S/C9H12N2O2S/c1-13-9(12)8(10)6-14-7-3-2-4-11-5-7/h2-5,8H,6,10H2,1H3/t8-/m0/s1. The number of rotatable bonds is 4. The summed E-state index contributed by atoms with van der Waals surface area (Å²) in [5, 5.41) is 0. The van der Waals surface area contributed by atoms with Gasteiger partial charge in [-0.3, -0.25) is 9.78 Å². The highest BCUT2D eigenvalue weighted by Crippen LogP contribution is 2.16. The van der Waals surface area contributed by atoms with Gasteiger partial charge in [0.15, 0.2) is 0 Å². The fraction of sp³-hybridized carbons (Fsp3) is 0.333. The van der Waals surface area contributed by atoms with Gasteiger partial charge in [-0.25, -0.2) is 0 Å². The molecule has 0 spiro atoms. The SMILES string of the molecule is COC(=O)[C@@H](N)CSc1cccnc1. The molecule has 0 aromatic carbocycles. The number of esters is 1. The largest absolute Gasteiger partial charge is 0.468 e. The van der Waals surface area contributed by atoms with Crippen molar-refractivity contribution in [3.05, 3.63) is 24.5 Å². The van der Waals surface area contributed by atoms with Crippen molar-refractivity contribution in [1.82, 2.24) is 4.98 Å². The van der Waals surface area contributed by atoms with Crippen LogP contribution in [0.3, 0.4) is 0 Å². The number of hydrogen-bond acceptors (Lipinski definition) is 5. The first-order chi connectivity index (χ1) is 6.74. The van der Waals surface area contributed by atoms with Gasteiger partial charge in [-0.05, 0) is 12.1 Å². The number of carbonyl (C=O) groups is 1. The molecule has 0 aliphatic heterocycles. The van der Waals surface area contributed by atoms with Gasteiger partial charge in [-0.15, -0.1) is 11.8 Å². The lowest BCUT2D eigenvalue weighted by Crippen LogP contribution is -2.33. The summed E-state index contributed by atoms with van der Waals surface area (Å²) in [5.41, 5.74) is 5.56. The molecule has 5 heteroatoms. The van der Waals surface area contributed by atoms with Crippen LogP contribution in [-0.2, 0) is 9.53 Å². The van der Waals surface area contributed by atoms with Crippen molar-refractivity contribution in [3.63, 3.8) is 0 Å². The van der Waals surface area contributed by atoms with Crippen LogP contribution in [0.15, 0.2) is 29.4 Å². The highest BCUT2D eigenvalue weighted by Gasteiger charge is 2.13. The Hall–Kier alpha value is -1.07. The van der Waals surface area contributed by atoms with E-state index in [4.69, 9.17) is 5.73 Å². The number of methoxy groups -OCH3 is 1. The maximum atomic E-state index is 11.0. The molecule has 4 nitrogen and oxygen atoms in total. The Balaban J connectivity index is 2.38. The molecular weight excluding hydrogens is 200 g/mol. The zero-order valence-corrected chi connectivity index (χ0v) is 8.66. The fourth-order valence-corrected chi connectivity index (χ4v) is 1.66. The third kappa shape index (κ3) is 3.35. The van der Waals surface area contributed by atoms with Gasteiger partial charge in [0.05, 0.1) is 7.11 Å². The normalized spacial score (nSPS) is 12.1. The predicted octanol–water partition coefficient (Wildman–Crippen LogP) is 0.674. The first-order valence-corrected chi connectivity index (χ1v) is 5.09. The van der Waals surface area contributed by atoms with Crippen molar-refractivity contribution in [3.8, 4) is 0 Å². The quantitative estimate of drug-likeness (QED) is 0.587. The fourth-order valence-electron chi connectivity index (χ4n) is 0.838. The lowest BCUT2D eigenvalue weighted by molar-refractivity contribution is -0.141. The summed E-state index contributed by atoms with van der Waals surface area (Å²) in [4.78, 5) is 15.9. The van der Waals surface area contributed by atoms with E-state index in [1.54, 1.807) is 12.4 Å². The zero-order chi connectivity index (χ0) is 10.4. The van der Waals surface area contributed by atoms with Crippen molar-refractivity contribution in [2.75, 3.05) is 12.9 Å². The van der Waals surface area contributed by atoms with Crippen molar-refractivity contribution in [1.29, 1.82) is 0 Å². The molecule has 1 rings (SSSR count). The van der Waals surface area contributed by atoms with E-state index in [0.717, 1.165) is 4.90 Å². The van der Waals surface area contributed by atoms with Crippen LogP contribution in [0.1, 0.15) is 0 Å². The van der Waals surface area contributed by atoms with E-state index in [2.05, 4.69) is 9.72 Å². The van der Waals surface area contributed by atoms with Crippen molar-refractivity contribution in [2.24, 2.45) is 5.73 Å². The Kier molecular flexibility index (Phi) is 4.42. The van der Waals surface area contributed by atoms with Crippen molar-refractivity contribution >= 4 is 17.7 Å². The number of hydrogen-bond donors (Lipinski definition) is 1.